The Morgan fingerprint density at radius 1 is 0.793 bits per heavy atom. The van der Waals surface area contributed by atoms with Crippen molar-refractivity contribution in [1.29, 1.82) is 0 Å². The zero-order valence-electron chi connectivity index (χ0n) is 15.4. The van der Waals surface area contributed by atoms with E-state index in [1.807, 2.05) is 36.4 Å². The minimum atomic E-state index is -4.52. The molecule has 1 amide bonds. The fraction of sp³-hybridized carbons (Fsp3) is 0.208. The fourth-order valence-electron chi connectivity index (χ4n) is 4.96. The minimum absolute atomic E-state index is 0.0843. The molecule has 2 bridgehead atoms. The summed E-state index contributed by atoms with van der Waals surface area (Å²) in [7, 11) is 0. The van der Waals surface area contributed by atoms with Gasteiger partial charge in [-0.1, -0.05) is 60.7 Å². The molecule has 0 aromatic heterocycles. The maximum absolute atomic E-state index is 13.3. The first-order chi connectivity index (χ1) is 13.9. The van der Waals surface area contributed by atoms with Crippen LogP contribution in [0.25, 0.3) is 0 Å². The molecule has 3 aromatic rings. The molecule has 1 atom stereocenters. The Labute approximate surface area is 166 Å². The van der Waals surface area contributed by atoms with Crippen molar-refractivity contribution in [3.05, 3.63) is 101 Å². The molecule has 0 radical (unpaired) electrons. The van der Waals surface area contributed by atoms with Crippen molar-refractivity contribution in [3.8, 4) is 0 Å². The lowest BCUT2D eigenvalue weighted by atomic mass is 9.59. The van der Waals surface area contributed by atoms with Gasteiger partial charge in [0.05, 0.1) is 17.2 Å². The summed E-state index contributed by atoms with van der Waals surface area (Å²) < 4.78 is 40.0. The van der Waals surface area contributed by atoms with Gasteiger partial charge < -0.3 is 5.32 Å². The van der Waals surface area contributed by atoms with Crippen LogP contribution < -0.4 is 5.32 Å². The Bertz CT molecular complexity index is 1060. The molecular weight excluding hydrogens is 375 g/mol. The molecule has 0 saturated heterocycles. The molecule has 0 aliphatic heterocycles. The van der Waals surface area contributed by atoms with Gasteiger partial charge in [0.1, 0.15) is 0 Å². The van der Waals surface area contributed by atoms with E-state index in [2.05, 4.69) is 17.4 Å². The predicted octanol–water partition coefficient (Wildman–Crippen LogP) is 5.94. The lowest BCUT2D eigenvalue weighted by Crippen LogP contribution is -2.39. The first-order valence-electron chi connectivity index (χ1n) is 9.60. The number of hydrogen-bond acceptors (Lipinski definition) is 1. The number of benzene rings is 3. The predicted molar refractivity (Wildman–Crippen MR) is 105 cm³/mol. The number of para-hydroxylation sites is 1. The molecule has 0 fully saturated rings. The van der Waals surface area contributed by atoms with E-state index >= 15 is 0 Å². The smallest absolute Gasteiger partial charge is 0.325 e. The average molecular weight is 393 g/mol. The summed E-state index contributed by atoms with van der Waals surface area (Å²) in [6.45, 7) is 0. The van der Waals surface area contributed by atoms with E-state index < -0.39 is 17.7 Å². The number of fused-ring (bicyclic) bond motifs is 1. The third-order valence-corrected chi connectivity index (χ3v) is 6.13. The van der Waals surface area contributed by atoms with Gasteiger partial charge in [0.25, 0.3) is 0 Å². The molecule has 3 aliphatic carbocycles. The van der Waals surface area contributed by atoms with Crippen LogP contribution in [0.3, 0.4) is 0 Å². The Hall–Kier alpha value is -3.08. The van der Waals surface area contributed by atoms with Crippen LogP contribution in [-0.2, 0) is 11.0 Å². The van der Waals surface area contributed by atoms with E-state index in [-0.39, 0.29) is 23.4 Å². The van der Waals surface area contributed by atoms with Crippen LogP contribution in [0, 0.1) is 5.92 Å². The standard InChI is InChI=1S/C24H18F3NO/c25-24(26,27)20-11-5-6-12-21(20)28-23(29)19-13-18-14-7-1-3-9-16(14)22(19)17-10-4-2-8-15(17)18/h1-12,18-19,22H,13H2,(H,28,29). The Balaban J connectivity index is 1.54. The number of rotatable bonds is 2. The number of alkyl halides is 3. The monoisotopic (exact) mass is 393 g/mol. The summed E-state index contributed by atoms with van der Waals surface area (Å²) in [6, 6.07) is 21.3. The van der Waals surface area contributed by atoms with E-state index in [0.717, 1.165) is 17.2 Å². The Morgan fingerprint density at radius 2 is 1.31 bits per heavy atom. The number of anilines is 1. The fourth-order valence-corrected chi connectivity index (χ4v) is 4.96. The maximum Gasteiger partial charge on any atom is 0.418 e. The van der Waals surface area contributed by atoms with Gasteiger partial charge in [-0.05, 0) is 40.8 Å². The van der Waals surface area contributed by atoms with Gasteiger partial charge in [-0.2, -0.15) is 13.2 Å². The summed E-state index contributed by atoms with van der Waals surface area (Å²) in [5, 5.41) is 2.57. The highest BCUT2D eigenvalue weighted by Gasteiger charge is 2.46. The molecule has 146 valence electrons. The van der Waals surface area contributed by atoms with Crippen molar-refractivity contribution in [2.75, 3.05) is 5.32 Å². The van der Waals surface area contributed by atoms with Gasteiger partial charge in [0.15, 0.2) is 0 Å². The summed E-state index contributed by atoms with van der Waals surface area (Å²) >= 11 is 0. The van der Waals surface area contributed by atoms with Gasteiger partial charge in [-0.25, -0.2) is 0 Å². The van der Waals surface area contributed by atoms with Gasteiger partial charge in [0.2, 0.25) is 5.91 Å². The van der Waals surface area contributed by atoms with Gasteiger partial charge in [-0.3, -0.25) is 4.79 Å². The molecule has 3 aromatic carbocycles. The summed E-state index contributed by atoms with van der Waals surface area (Å²) in [4.78, 5) is 13.2. The quantitative estimate of drug-likeness (QED) is 0.573. The second kappa shape index (κ2) is 6.48. The highest BCUT2D eigenvalue weighted by Crippen LogP contribution is 2.55. The Kier molecular flexibility index (Phi) is 4.02. The largest absolute Gasteiger partial charge is 0.418 e. The van der Waals surface area contributed by atoms with Crippen molar-refractivity contribution >= 4 is 11.6 Å². The molecule has 29 heavy (non-hydrogen) atoms. The van der Waals surface area contributed by atoms with Crippen LogP contribution >= 0.6 is 0 Å². The molecule has 2 nitrogen and oxygen atoms in total. The van der Waals surface area contributed by atoms with Crippen LogP contribution in [0.15, 0.2) is 72.8 Å². The van der Waals surface area contributed by atoms with E-state index in [1.165, 1.54) is 29.3 Å². The zero-order valence-corrected chi connectivity index (χ0v) is 15.4. The first kappa shape index (κ1) is 18.0. The van der Waals surface area contributed by atoms with E-state index in [1.54, 1.807) is 0 Å². The van der Waals surface area contributed by atoms with Crippen LogP contribution in [-0.4, -0.2) is 5.91 Å². The maximum atomic E-state index is 13.3. The number of carbonyl (C=O) groups is 1. The third-order valence-electron chi connectivity index (χ3n) is 6.13. The normalized spacial score (nSPS) is 22.0. The third kappa shape index (κ3) is 2.84. The molecule has 0 heterocycles. The van der Waals surface area contributed by atoms with Crippen molar-refractivity contribution < 1.29 is 18.0 Å². The van der Waals surface area contributed by atoms with Gasteiger partial charge >= 0.3 is 6.18 Å². The number of halogens is 3. The molecule has 1 unspecified atom stereocenters. The van der Waals surface area contributed by atoms with Crippen molar-refractivity contribution in [2.45, 2.75) is 24.4 Å². The van der Waals surface area contributed by atoms with Crippen LogP contribution in [0.1, 0.15) is 46.1 Å². The molecule has 3 aliphatic rings. The molecule has 1 N–H and O–H groups in total. The molecule has 0 saturated carbocycles. The highest BCUT2D eigenvalue weighted by atomic mass is 19.4. The zero-order chi connectivity index (χ0) is 20.2. The SMILES string of the molecule is O=C(Nc1ccccc1C(F)(F)F)C1CC2c3ccccc3C1c1ccccc12. The second-order valence-electron chi connectivity index (χ2n) is 7.66. The van der Waals surface area contributed by atoms with Crippen LogP contribution in [0.5, 0.6) is 0 Å². The molecule has 6 rings (SSSR count). The number of carbonyl (C=O) groups excluding carboxylic acids is 1. The Morgan fingerprint density at radius 3 is 1.90 bits per heavy atom. The minimum Gasteiger partial charge on any atom is -0.325 e. The summed E-state index contributed by atoms with van der Waals surface area (Å²) in [5.74, 6) is -0.835. The van der Waals surface area contributed by atoms with Crippen molar-refractivity contribution in [3.63, 3.8) is 0 Å². The van der Waals surface area contributed by atoms with E-state index in [4.69, 9.17) is 0 Å². The van der Waals surface area contributed by atoms with Crippen LogP contribution in [0.4, 0.5) is 18.9 Å². The lowest BCUT2D eigenvalue weighted by molar-refractivity contribution is -0.137. The average Bonchev–Trinajstić information content (AvgIpc) is 2.73. The van der Waals surface area contributed by atoms with Crippen molar-refractivity contribution in [2.24, 2.45) is 5.92 Å². The number of amides is 1. The summed E-state index contributed by atoms with van der Waals surface area (Å²) in [6.07, 6.45) is -3.92. The first-order valence-corrected chi connectivity index (χ1v) is 9.60. The molecule has 0 spiro atoms. The number of nitrogens with one attached hydrogen (secondary N) is 1. The van der Waals surface area contributed by atoms with E-state index in [9.17, 15) is 18.0 Å². The number of hydrogen-bond donors (Lipinski definition) is 1. The van der Waals surface area contributed by atoms with Gasteiger partial charge in [-0.15, -0.1) is 0 Å². The summed E-state index contributed by atoms with van der Waals surface area (Å²) in [5.41, 5.74) is 3.63. The van der Waals surface area contributed by atoms with Crippen LogP contribution in [0.2, 0.25) is 0 Å². The highest BCUT2D eigenvalue weighted by molar-refractivity contribution is 5.95. The van der Waals surface area contributed by atoms with Crippen molar-refractivity contribution in [1.82, 2.24) is 0 Å². The molecular formula is C24H18F3NO. The van der Waals surface area contributed by atoms with Gasteiger partial charge in [0, 0.05) is 11.8 Å². The second-order valence-corrected chi connectivity index (χ2v) is 7.66. The topological polar surface area (TPSA) is 29.1 Å². The van der Waals surface area contributed by atoms with E-state index in [0.29, 0.717) is 6.42 Å². The molecule has 5 heteroatoms. The lowest BCUT2D eigenvalue weighted by Gasteiger charge is -2.44.